The van der Waals surface area contributed by atoms with Crippen LogP contribution in [0.5, 0.6) is 0 Å². The summed E-state index contributed by atoms with van der Waals surface area (Å²) in [6.07, 6.45) is 0. The molecule has 0 saturated carbocycles. The van der Waals surface area contributed by atoms with Gasteiger partial charge in [-0.1, -0.05) is 0 Å². The van der Waals surface area contributed by atoms with Gasteiger partial charge in [0.2, 0.25) is 5.13 Å². The van der Waals surface area contributed by atoms with Crippen LogP contribution in [-0.2, 0) is 0 Å². The normalized spacial score (nSPS) is 10.2. The summed E-state index contributed by atoms with van der Waals surface area (Å²) in [4.78, 5) is 16.2. The van der Waals surface area contributed by atoms with E-state index in [2.05, 4.69) is 14.7 Å². The van der Waals surface area contributed by atoms with Gasteiger partial charge in [-0.2, -0.15) is 4.37 Å². The molecule has 0 aliphatic rings. The first-order valence-corrected chi connectivity index (χ1v) is 5.77. The molecule has 0 atom stereocenters. The number of nitrogens with one attached hydrogen (secondary N) is 1. The van der Waals surface area contributed by atoms with Crippen LogP contribution >= 0.6 is 22.9 Å². The lowest BCUT2D eigenvalue weighted by Gasteiger charge is -1.98. The highest BCUT2D eigenvalue weighted by Crippen LogP contribution is 2.20. The largest absolute Gasteiger partial charge is 0.397 e. The van der Waals surface area contributed by atoms with Gasteiger partial charge < -0.3 is 5.73 Å². The summed E-state index contributed by atoms with van der Waals surface area (Å²) in [5.41, 5.74) is 6.10. The van der Waals surface area contributed by atoms with Crippen molar-refractivity contribution in [2.45, 2.75) is 6.92 Å². The zero-order valence-electron chi connectivity index (χ0n) is 7.85. The van der Waals surface area contributed by atoms with Crippen molar-refractivity contribution in [1.29, 1.82) is 0 Å². The van der Waals surface area contributed by atoms with Crippen molar-refractivity contribution in [2.24, 2.45) is 0 Å². The molecule has 15 heavy (non-hydrogen) atoms. The Morgan fingerprint density at radius 1 is 1.60 bits per heavy atom. The van der Waals surface area contributed by atoms with E-state index in [1.807, 2.05) is 0 Å². The molecule has 2 aromatic heterocycles. The monoisotopic (exact) mass is 240 g/mol. The van der Waals surface area contributed by atoms with Crippen LogP contribution in [0.1, 0.15) is 15.5 Å². The average Bonchev–Trinajstić information content (AvgIpc) is 2.75. The summed E-state index contributed by atoms with van der Waals surface area (Å²) in [7, 11) is 0. The van der Waals surface area contributed by atoms with Crippen LogP contribution in [0.15, 0.2) is 11.4 Å². The summed E-state index contributed by atoms with van der Waals surface area (Å²) < 4.78 is 3.96. The molecule has 0 unspecified atom stereocenters. The fourth-order valence-electron chi connectivity index (χ4n) is 1.01. The molecule has 0 bridgehead atoms. The zero-order valence-corrected chi connectivity index (χ0v) is 9.48. The van der Waals surface area contributed by atoms with Crippen LogP contribution in [0.2, 0.25) is 0 Å². The quantitative estimate of drug-likeness (QED) is 0.837. The lowest BCUT2D eigenvalue weighted by atomic mass is 10.4. The van der Waals surface area contributed by atoms with E-state index in [0.29, 0.717) is 21.5 Å². The average molecular weight is 240 g/mol. The van der Waals surface area contributed by atoms with E-state index in [-0.39, 0.29) is 5.91 Å². The third-order valence-electron chi connectivity index (χ3n) is 1.65. The molecule has 0 aliphatic heterocycles. The van der Waals surface area contributed by atoms with Gasteiger partial charge >= 0.3 is 0 Å². The number of thiophene rings is 1. The number of aromatic nitrogens is 2. The number of nitrogen functional groups attached to an aromatic ring is 1. The molecular formula is C8H8N4OS2. The summed E-state index contributed by atoms with van der Waals surface area (Å²) in [6, 6.07) is 1.70. The molecule has 2 aromatic rings. The second kappa shape index (κ2) is 3.95. The first kappa shape index (κ1) is 10.1. The highest BCUT2D eigenvalue weighted by atomic mass is 32.1. The van der Waals surface area contributed by atoms with Crippen molar-refractivity contribution < 1.29 is 4.79 Å². The maximum Gasteiger partial charge on any atom is 0.269 e. The lowest BCUT2D eigenvalue weighted by Crippen LogP contribution is -2.11. The lowest BCUT2D eigenvalue weighted by molar-refractivity contribution is 0.103. The molecule has 0 aliphatic carbocycles. The molecule has 3 N–H and O–H groups in total. The molecule has 0 radical (unpaired) electrons. The van der Waals surface area contributed by atoms with E-state index in [9.17, 15) is 4.79 Å². The number of aryl methyl sites for hydroxylation is 1. The third-order valence-corrected chi connectivity index (χ3v) is 3.30. The molecule has 2 rings (SSSR count). The molecule has 2 heterocycles. The number of nitrogens with two attached hydrogens (primary N) is 1. The van der Waals surface area contributed by atoms with Crippen molar-refractivity contribution in [1.82, 2.24) is 9.36 Å². The molecular weight excluding hydrogens is 232 g/mol. The summed E-state index contributed by atoms with van der Waals surface area (Å²) in [5.74, 6) is 0.410. The number of hydrogen-bond acceptors (Lipinski definition) is 6. The second-order valence-electron chi connectivity index (χ2n) is 2.81. The minimum absolute atomic E-state index is 0.237. The fourth-order valence-corrected chi connectivity index (χ4v) is 2.29. The Morgan fingerprint density at radius 3 is 2.93 bits per heavy atom. The van der Waals surface area contributed by atoms with Crippen LogP contribution in [0, 0.1) is 6.92 Å². The van der Waals surface area contributed by atoms with Gasteiger partial charge in [0.25, 0.3) is 5.91 Å². The van der Waals surface area contributed by atoms with Gasteiger partial charge in [0.1, 0.15) is 10.7 Å². The number of rotatable bonds is 2. The number of hydrogen-bond donors (Lipinski definition) is 2. The Morgan fingerprint density at radius 2 is 2.40 bits per heavy atom. The molecule has 1 amide bonds. The standard InChI is InChI=1S/C8H8N4OS2/c1-4-10-8(15-12-4)11-7(13)6-5(9)2-3-14-6/h2-3H,9H2,1H3,(H,10,11,12,13). The Balaban J connectivity index is 2.14. The van der Waals surface area contributed by atoms with Crippen molar-refractivity contribution >= 4 is 39.6 Å². The third kappa shape index (κ3) is 2.13. The van der Waals surface area contributed by atoms with Gasteiger partial charge in [0.05, 0.1) is 5.69 Å². The number of carbonyl (C=O) groups excluding carboxylic acids is 1. The Bertz CT molecular complexity index is 490. The smallest absolute Gasteiger partial charge is 0.269 e. The van der Waals surface area contributed by atoms with Crippen molar-refractivity contribution in [2.75, 3.05) is 11.1 Å². The van der Waals surface area contributed by atoms with E-state index in [4.69, 9.17) is 5.73 Å². The molecule has 5 nitrogen and oxygen atoms in total. The van der Waals surface area contributed by atoms with E-state index in [0.717, 1.165) is 11.5 Å². The Kier molecular flexibility index (Phi) is 2.65. The number of anilines is 2. The maximum absolute atomic E-state index is 11.7. The van der Waals surface area contributed by atoms with Crippen molar-refractivity contribution in [3.8, 4) is 0 Å². The molecule has 7 heteroatoms. The zero-order chi connectivity index (χ0) is 10.8. The van der Waals surface area contributed by atoms with Crippen LogP contribution in [0.3, 0.4) is 0 Å². The van der Waals surface area contributed by atoms with Crippen LogP contribution in [0.4, 0.5) is 10.8 Å². The van der Waals surface area contributed by atoms with E-state index >= 15 is 0 Å². The highest BCUT2D eigenvalue weighted by Gasteiger charge is 2.12. The van der Waals surface area contributed by atoms with Crippen LogP contribution in [-0.4, -0.2) is 15.3 Å². The predicted molar refractivity (Wildman–Crippen MR) is 61.3 cm³/mol. The van der Waals surface area contributed by atoms with Gasteiger partial charge in [-0.15, -0.1) is 11.3 Å². The van der Waals surface area contributed by atoms with E-state index in [1.54, 1.807) is 18.4 Å². The van der Waals surface area contributed by atoms with Gasteiger partial charge in [0.15, 0.2) is 0 Å². The highest BCUT2D eigenvalue weighted by molar-refractivity contribution is 7.13. The second-order valence-corrected chi connectivity index (χ2v) is 4.47. The predicted octanol–water partition coefficient (Wildman–Crippen LogP) is 1.74. The molecule has 0 aromatic carbocycles. The summed E-state index contributed by atoms with van der Waals surface area (Å²) >= 11 is 2.45. The minimum atomic E-state index is -0.237. The van der Waals surface area contributed by atoms with Gasteiger partial charge in [0, 0.05) is 11.5 Å². The van der Waals surface area contributed by atoms with Gasteiger partial charge in [-0.25, -0.2) is 4.98 Å². The minimum Gasteiger partial charge on any atom is -0.397 e. The summed E-state index contributed by atoms with van der Waals surface area (Å²) in [6.45, 7) is 1.77. The van der Waals surface area contributed by atoms with Crippen LogP contribution in [0.25, 0.3) is 0 Å². The number of carbonyl (C=O) groups is 1. The number of amides is 1. The molecule has 78 valence electrons. The van der Waals surface area contributed by atoms with Crippen LogP contribution < -0.4 is 11.1 Å². The first-order valence-electron chi connectivity index (χ1n) is 4.11. The molecule has 0 fully saturated rings. The van der Waals surface area contributed by atoms with Crippen molar-refractivity contribution in [3.05, 3.63) is 22.1 Å². The Labute approximate surface area is 94.1 Å². The van der Waals surface area contributed by atoms with E-state index < -0.39 is 0 Å². The molecule has 0 saturated heterocycles. The SMILES string of the molecule is Cc1nsc(NC(=O)c2sccc2N)n1. The Hall–Kier alpha value is -1.47. The first-order chi connectivity index (χ1) is 7.16. The number of nitrogens with zero attached hydrogens (tertiary/aromatic N) is 2. The fraction of sp³-hybridized carbons (Fsp3) is 0.125. The topological polar surface area (TPSA) is 80.9 Å². The summed E-state index contributed by atoms with van der Waals surface area (Å²) in [5, 5.41) is 4.91. The van der Waals surface area contributed by atoms with Gasteiger partial charge in [-0.3, -0.25) is 10.1 Å². The van der Waals surface area contributed by atoms with Crippen molar-refractivity contribution in [3.63, 3.8) is 0 Å². The molecule has 0 spiro atoms. The van der Waals surface area contributed by atoms with Gasteiger partial charge in [-0.05, 0) is 18.4 Å². The maximum atomic E-state index is 11.7. The van der Waals surface area contributed by atoms with E-state index in [1.165, 1.54) is 11.3 Å².